The molecule has 1 rings (SSSR count). The van der Waals surface area contributed by atoms with Gasteiger partial charge in [0.25, 0.3) is 0 Å². The summed E-state index contributed by atoms with van der Waals surface area (Å²) in [5.74, 6) is -1.28. The molecule has 92 valence electrons. The minimum Gasteiger partial charge on any atom is -0.476 e. The number of ether oxygens (including phenoxy) is 1. The predicted octanol–water partition coefficient (Wildman–Crippen LogP) is 0.757. The zero-order chi connectivity index (χ0) is 12.8. The molecule has 0 fully saturated rings. The largest absolute Gasteiger partial charge is 0.476 e. The molecule has 0 atom stereocenters. The summed E-state index contributed by atoms with van der Waals surface area (Å²) in [7, 11) is 2.43. The summed E-state index contributed by atoms with van der Waals surface area (Å²) < 4.78 is 4.36. The van der Waals surface area contributed by atoms with E-state index in [1.807, 2.05) is 0 Å². The molecule has 0 spiro atoms. The van der Waals surface area contributed by atoms with Crippen LogP contribution in [0.4, 0.5) is 9.93 Å². The lowest BCUT2D eigenvalue weighted by Crippen LogP contribution is -2.16. The molecule has 8 nitrogen and oxygen atoms in total. The van der Waals surface area contributed by atoms with Gasteiger partial charge < -0.3 is 14.7 Å². The molecule has 2 N–H and O–H groups in total. The fraction of sp³-hybridized carbons (Fsp3) is 0.250. The first-order valence-corrected chi connectivity index (χ1v) is 5.11. The zero-order valence-corrected chi connectivity index (χ0v) is 9.78. The Morgan fingerprint density at radius 1 is 1.53 bits per heavy atom. The summed E-state index contributed by atoms with van der Waals surface area (Å²) in [5.41, 5.74) is -0.252. The number of anilines is 1. The van der Waals surface area contributed by atoms with Gasteiger partial charge in [-0.25, -0.2) is 14.6 Å². The minimum absolute atomic E-state index is 0.0933. The highest BCUT2D eigenvalue weighted by molar-refractivity contribution is 7.14. The van der Waals surface area contributed by atoms with Crippen LogP contribution in [0.1, 0.15) is 5.69 Å². The van der Waals surface area contributed by atoms with Gasteiger partial charge in [0.1, 0.15) is 12.8 Å². The number of rotatable bonds is 4. The van der Waals surface area contributed by atoms with E-state index in [2.05, 4.69) is 25.0 Å². The third kappa shape index (κ3) is 3.41. The van der Waals surface area contributed by atoms with Gasteiger partial charge in [-0.3, -0.25) is 5.32 Å². The van der Waals surface area contributed by atoms with E-state index in [9.17, 15) is 9.59 Å². The van der Waals surface area contributed by atoms with Gasteiger partial charge in [-0.05, 0) is 0 Å². The van der Waals surface area contributed by atoms with Crippen LogP contribution in [0.2, 0.25) is 0 Å². The maximum Gasteiger partial charge on any atom is 0.413 e. The SMILES string of the molecule is CON=C(C(=O)O)c1csc(NC(=O)OC)n1. The third-order valence-corrected chi connectivity index (χ3v) is 2.28. The average molecular weight is 259 g/mol. The quantitative estimate of drug-likeness (QED) is 0.610. The standard InChI is InChI=1S/C8H9N3O5S/c1-15-8(14)10-7-9-4(3-17-7)5(6(12)13)11-16-2/h3H,1-2H3,(H,12,13)(H,9,10,14). The van der Waals surface area contributed by atoms with Crippen LogP contribution in [-0.2, 0) is 14.4 Å². The van der Waals surface area contributed by atoms with Crippen molar-refractivity contribution in [3.8, 4) is 0 Å². The molecule has 1 aromatic heterocycles. The number of amides is 1. The van der Waals surface area contributed by atoms with Crippen molar-refractivity contribution in [3.63, 3.8) is 0 Å². The first kappa shape index (κ1) is 12.9. The van der Waals surface area contributed by atoms with Crippen LogP contribution in [0.3, 0.4) is 0 Å². The average Bonchev–Trinajstić information content (AvgIpc) is 2.73. The van der Waals surface area contributed by atoms with E-state index in [0.29, 0.717) is 0 Å². The number of nitrogens with one attached hydrogen (secondary N) is 1. The molecule has 1 aromatic rings. The Morgan fingerprint density at radius 3 is 2.76 bits per heavy atom. The number of carboxylic acids is 1. The first-order chi connectivity index (χ1) is 8.08. The van der Waals surface area contributed by atoms with Crippen LogP contribution in [0, 0.1) is 0 Å². The van der Waals surface area contributed by atoms with Crippen LogP contribution in [0.25, 0.3) is 0 Å². The van der Waals surface area contributed by atoms with E-state index in [1.165, 1.54) is 19.6 Å². The summed E-state index contributed by atoms with van der Waals surface area (Å²) in [5, 5.41) is 16.1. The van der Waals surface area contributed by atoms with Crippen molar-refractivity contribution in [1.29, 1.82) is 0 Å². The molecular weight excluding hydrogens is 250 g/mol. The molecule has 0 aliphatic carbocycles. The first-order valence-electron chi connectivity index (χ1n) is 4.23. The number of aromatic nitrogens is 1. The number of hydrogen-bond donors (Lipinski definition) is 2. The van der Waals surface area contributed by atoms with E-state index in [4.69, 9.17) is 5.11 Å². The molecule has 0 bridgehead atoms. The molecule has 0 aliphatic heterocycles. The summed E-state index contributed by atoms with van der Waals surface area (Å²) in [6.45, 7) is 0. The molecule has 0 aliphatic rings. The number of hydrogen-bond acceptors (Lipinski definition) is 7. The number of oxime groups is 1. The van der Waals surface area contributed by atoms with Crippen LogP contribution < -0.4 is 5.32 Å². The van der Waals surface area contributed by atoms with Crippen LogP contribution >= 0.6 is 11.3 Å². The van der Waals surface area contributed by atoms with Crippen LogP contribution in [-0.4, -0.2) is 42.1 Å². The minimum atomic E-state index is -1.28. The van der Waals surface area contributed by atoms with Gasteiger partial charge in [0.2, 0.25) is 5.71 Å². The van der Waals surface area contributed by atoms with Gasteiger partial charge in [-0.1, -0.05) is 5.16 Å². The maximum atomic E-state index is 10.9. The molecule has 1 amide bonds. The van der Waals surface area contributed by atoms with Gasteiger partial charge in [-0.2, -0.15) is 0 Å². The molecule has 0 saturated carbocycles. The van der Waals surface area contributed by atoms with E-state index in [1.54, 1.807) is 0 Å². The van der Waals surface area contributed by atoms with Crippen molar-refractivity contribution < 1.29 is 24.3 Å². The lowest BCUT2D eigenvalue weighted by atomic mass is 10.3. The lowest BCUT2D eigenvalue weighted by Gasteiger charge is -1.98. The number of aliphatic carboxylic acids is 1. The Morgan fingerprint density at radius 2 is 2.24 bits per heavy atom. The molecule has 0 saturated heterocycles. The number of methoxy groups -OCH3 is 1. The maximum absolute atomic E-state index is 10.9. The molecule has 0 radical (unpaired) electrons. The molecular formula is C8H9N3O5S. The van der Waals surface area contributed by atoms with Gasteiger partial charge in [0, 0.05) is 5.38 Å². The van der Waals surface area contributed by atoms with Crippen molar-refractivity contribution in [2.45, 2.75) is 0 Å². The normalized spacial score (nSPS) is 10.8. The summed E-state index contributed by atoms with van der Waals surface area (Å²) in [6, 6.07) is 0. The third-order valence-electron chi connectivity index (χ3n) is 1.53. The van der Waals surface area contributed by atoms with Gasteiger partial charge >= 0.3 is 12.1 Å². The molecule has 9 heteroatoms. The van der Waals surface area contributed by atoms with E-state index in [0.717, 1.165) is 11.3 Å². The number of thiazole rings is 1. The van der Waals surface area contributed by atoms with E-state index >= 15 is 0 Å². The van der Waals surface area contributed by atoms with Gasteiger partial charge in [0.05, 0.1) is 7.11 Å². The fourth-order valence-electron chi connectivity index (χ4n) is 0.865. The lowest BCUT2D eigenvalue weighted by molar-refractivity contribution is -0.129. The van der Waals surface area contributed by atoms with Crippen LogP contribution in [0.15, 0.2) is 10.5 Å². The Bertz CT molecular complexity index is 456. The fourth-order valence-corrected chi connectivity index (χ4v) is 1.55. The number of carbonyl (C=O) groups excluding carboxylic acids is 1. The smallest absolute Gasteiger partial charge is 0.413 e. The molecule has 17 heavy (non-hydrogen) atoms. The Kier molecular flexibility index (Phi) is 4.40. The molecule has 0 aromatic carbocycles. The van der Waals surface area contributed by atoms with Crippen molar-refractivity contribution in [2.75, 3.05) is 19.5 Å². The number of carbonyl (C=O) groups is 2. The van der Waals surface area contributed by atoms with Crippen molar-refractivity contribution >= 4 is 34.2 Å². The zero-order valence-electron chi connectivity index (χ0n) is 8.96. The number of nitrogens with zero attached hydrogens (tertiary/aromatic N) is 2. The van der Waals surface area contributed by atoms with E-state index < -0.39 is 12.1 Å². The highest BCUT2D eigenvalue weighted by Gasteiger charge is 2.18. The predicted molar refractivity (Wildman–Crippen MR) is 59.3 cm³/mol. The van der Waals surface area contributed by atoms with Crippen molar-refractivity contribution in [3.05, 3.63) is 11.1 Å². The summed E-state index contributed by atoms with van der Waals surface area (Å²) in [4.78, 5) is 29.9. The molecule has 1 heterocycles. The monoisotopic (exact) mass is 259 g/mol. The second kappa shape index (κ2) is 5.80. The van der Waals surface area contributed by atoms with Gasteiger partial charge in [-0.15, -0.1) is 11.3 Å². The Balaban J connectivity index is 2.89. The van der Waals surface area contributed by atoms with E-state index in [-0.39, 0.29) is 16.5 Å². The van der Waals surface area contributed by atoms with Crippen molar-refractivity contribution in [2.24, 2.45) is 5.16 Å². The Hall–Kier alpha value is -2.16. The summed E-state index contributed by atoms with van der Waals surface area (Å²) >= 11 is 1.04. The number of carboxylic acid groups (broad SMARTS) is 1. The topological polar surface area (TPSA) is 110 Å². The highest BCUT2D eigenvalue weighted by atomic mass is 32.1. The summed E-state index contributed by atoms with van der Waals surface area (Å²) in [6.07, 6.45) is -0.688. The highest BCUT2D eigenvalue weighted by Crippen LogP contribution is 2.16. The van der Waals surface area contributed by atoms with Crippen LogP contribution in [0.5, 0.6) is 0 Å². The molecule has 0 unspecified atom stereocenters. The second-order valence-corrected chi connectivity index (χ2v) is 3.44. The van der Waals surface area contributed by atoms with Gasteiger partial charge in [0.15, 0.2) is 5.13 Å². The Labute approximate surface area is 99.9 Å². The van der Waals surface area contributed by atoms with Crippen molar-refractivity contribution in [1.82, 2.24) is 4.98 Å². The second-order valence-electron chi connectivity index (χ2n) is 2.58.